The fourth-order valence-corrected chi connectivity index (χ4v) is 3.66. The van der Waals surface area contributed by atoms with E-state index in [-0.39, 0.29) is 31.6 Å². The molecule has 3 atom stereocenters. The predicted octanol–water partition coefficient (Wildman–Crippen LogP) is 0.823. The molecule has 0 fully saturated rings. The van der Waals surface area contributed by atoms with E-state index in [9.17, 15) is 34.4 Å². The smallest absolute Gasteiger partial charge is 0.408 e. The van der Waals surface area contributed by atoms with E-state index in [4.69, 9.17) is 9.47 Å². The molecule has 0 bridgehead atoms. The summed E-state index contributed by atoms with van der Waals surface area (Å²) >= 11 is 0. The quantitative estimate of drug-likeness (QED) is 0.117. The number of quaternary nitrogens is 1. The van der Waals surface area contributed by atoms with E-state index >= 15 is 0 Å². The molecule has 0 aliphatic carbocycles. The van der Waals surface area contributed by atoms with Gasteiger partial charge in [0.05, 0.1) is 7.11 Å². The van der Waals surface area contributed by atoms with Gasteiger partial charge in [-0.25, -0.2) is 10.0 Å². The van der Waals surface area contributed by atoms with Gasteiger partial charge in [0.25, 0.3) is 0 Å². The number of alkyl carbamates (subject to hydrolysis) is 1. The van der Waals surface area contributed by atoms with Gasteiger partial charge in [-0.2, -0.15) is 5.23 Å². The van der Waals surface area contributed by atoms with Crippen LogP contribution in [0.15, 0.2) is 54.6 Å². The minimum Gasteiger partial charge on any atom is -0.595 e. The van der Waals surface area contributed by atoms with Crippen molar-refractivity contribution < 1.29 is 48.6 Å². The van der Waals surface area contributed by atoms with Crippen molar-refractivity contribution in [2.45, 2.75) is 64.3 Å². The highest BCUT2D eigenvalue weighted by molar-refractivity contribution is 5.92. The Kier molecular flexibility index (Phi) is 13.5. The number of benzene rings is 2. The minimum absolute atomic E-state index is 0.00381. The number of esters is 2. The van der Waals surface area contributed by atoms with Gasteiger partial charge in [-0.1, -0.05) is 42.5 Å². The lowest BCUT2D eigenvalue weighted by Crippen LogP contribution is -2.99. The van der Waals surface area contributed by atoms with Gasteiger partial charge in [0.15, 0.2) is 5.69 Å². The second kappa shape index (κ2) is 16.8. The van der Waals surface area contributed by atoms with E-state index in [1.54, 1.807) is 45.0 Å². The molecule has 0 heterocycles. The molecule has 43 heavy (non-hydrogen) atoms. The molecule has 2 rings (SSSR count). The Balaban J connectivity index is 2.17. The third-order valence-corrected chi connectivity index (χ3v) is 5.80. The summed E-state index contributed by atoms with van der Waals surface area (Å²) in [6.07, 6.45) is -1.38. The Labute approximate surface area is 249 Å². The summed E-state index contributed by atoms with van der Waals surface area (Å²) in [6.45, 7) is 4.42. The van der Waals surface area contributed by atoms with E-state index in [1.807, 2.05) is 6.07 Å². The Bertz CT molecular complexity index is 1230. The van der Waals surface area contributed by atoms with Gasteiger partial charge >= 0.3 is 18.0 Å². The number of ether oxygens (including phenoxy) is 3. The molecule has 0 radical (unpaired) electrons. The zero-order chi connectivity index (χ0) is 32.0. The molecule has 14 heteroatoms. The number of carbonyl (C=O) groups is 5. The molecule has 0 saturated carbocycles. The summed E-state index contributed by atoms with van der Waals surface area (Å²) in [6, 6.07) is 12.1. The highest BCUT2D eigenvalue weighted by Gasteiger charge is 2.29. The summed E-state index contributed by atoms with van der Waals surface area (Å²) in [4.78, 5) is 62.9. The van der Waals surface area contributed by atoms with Crippen molar-refractivity contribution in [3.63, 3.8) is 0 Å². The first-order valence-electron chi connectivity index (χ1n) is 13.4. The summed E-state index contributed by atoms with van der Waals surface area (Å²) in [5.74, 6) is -2.87. The monoisotopic (exact) mass is 602 g/mol. The first-order chi connectivity index (χ1) is 20.3. The number of amides is 3. The van der Waals surface area contributed by atoms with Crippen molar-refractivity contribution in [3.05, 3.63) is 70.9 Å². The number of rotatable bonds is 14. The van der Waals surface area contributed by atoms with Gasteiger partial charge in [-0.05, 0) is 38.3 Å². The van der Waals surface area contributed by atoms with Crippen LogP contribution in [-0.2, 0) is 46.4 Å². The number of nitrogens with one attached hydrogen (secondary N) is 4. The number of hydrogen-bond donors (Lipinski definition) is 5. The maximum atomic E-state index is 13.3. The molecular formula is C29H38N4O10. The fourth-order valence-electron chi connectivity index (χ4n) is 3.66. The van der Waals surface area contributed by atoms with Crippen molar-refractivity contribution in [1.82, 2.24) is 16.0 Å². The predicted molar refractivity (Wildman–Crippen MR) is 152 cm³/mol. The van der Waals surface area contributed by atoms with Crippen molar-refractivity contribution >= 4 is 35.5 Å². The van der Waals surface area contributed by atoms with Crippen LogP contribution in [0.1, 0.15) is 44.7 Å². The van der Waals surface area contributed by atoms with E-state index < -0.39 is 59.3 Å². The Morgan fingerprint density at radius 2 is 1.53 bits per heavy atom. The Morgan fingerprint density at radius 1 is 0.884 bits per heavy atom. The summed E-state index contributed by atoms with van der Waals surface area (Å²) < 4.78 is 15.0. The normalized spacial score (nSPS) is 13.1. The van der Waals surface area contributed by atoms with Crippen LogP contribution in [0.5, 0.6) is 0 Å². The minimum atomic E-state index is -1.28. The summed E-state index contributed by atoms with van der Waals surface area (Å²) in [5, 5.41) is 26.7. The Morgan fingerprint density at radius 3 is 2.12 bits per heavy atom. The van der Waals surface area contributed by atoms with Gasteiger partial charge in [0, 0.05) is 25.0 Å². The molecule has 0 spiro atoms. The highest BCUT2D eigenvalue weighted by atomic mass is 16.8. The maximum absolute atomic E-state index is 13.3. The molecule has 0 aromatic heterocycles. The summed E-state index contributed by atoms with van der Waals surface area (Å²) in [5.41, 5.74) is 0.419. The summed E-state index contributed by atoms with van der Waals surface area (Å²) in [7, 11) is 1.18. The van der Waals surface area contributed by atoms with Crippen LogP contribution in [0.2, 0.25) is 0 Å². The van der Waals surface area contributed by atoms with Crippen LogP contribution < -0.4 is 21.2 Å². The maximum Gasteiger partial charge on any atom is 0.408 e. The molecule has 0 saturated heterocycles. The lowest BCUT2D eigenvalue weighted by molar-refractivity contribution is -0.991. The van der Waals surface area contributed by atoms with Gasteiger partial charge in [0.1, 0.15) is 30.8 Å². The second-order valence-corrected chi connectivity index (χ2v) is 10.4. The fraction of sp³-hybridized carbons (Fsp3) is 0.414. The van der Waals surface area contributed by atoms with Gasteiger partial charge in [0.2, 0.25) is 11.8 Å². The second-order valence-electron chi connectivity index (χ2n) is 10.4. The van der Waals surface area contributed by atoms with Crippen LogP contribution in [0, 0.1) is 5.21 Å². The molecule has 2 aromatic carbocycles. The highest BCUT2D eigenvalue weighted by Crippen LogP contribution is 2.11. The van der Waals surface area contributed by atoms with E-state index in [1.165, 1.54) is 31.4 Å². The van der Waals surface area contributed by atoms with Crippen molar-refractivity contribution in [2.24, 2.45) is 0 Å². The molecule has 2 aromatic rings. The van der Waals surface area contributed by atoms with Crippen molar-refractivity contribution in [3.8, 4) is 0 Å². The molecule has 3 unspecified atom stereocenters. The first-order valence-corrected chi connectivity index (χ1v) is 13.4. The van der Waals surface area contributed by atoms with Crippen LogP contribution in [0.3, 0.4) is 0 Å². The van der Waals surface area contributed by atoms with E-state index in [0.29, 0.717) is 5.56 Å². The molecule has 5 N–H and O–H groups in total. The molecular weight excluding hydrogens is 564 g/mol. The van der Waals surface area contributed by atoms with E-state index in [2.05, 4.69) is 20.7 Å². The molecule has 14 nitrogen and oxygen atoms in total. The van der Waals surface area contributed by atoms with Crippen LogP contribution in [-0.4, -0.2) is 66.4 Å². The van der Waals surface area contributed by atoms with Crippen LogP contribution in [0.4, 0.5) is 10.5 Å². The molecule has 0 aliphatic rings. The lowest BCUT2D eigenvalue weighted by atomic mass is 10.0. The molecule has 3 amide bonds. The first kappa shape index (κ1) is 34.7. The average molecular weight is 603 g/mol. The molecule has 0 aliphatic heterocycles. The van der Waals surface area contributed by atoms with E-state index in [0.717, 1.165) is 5.56 Å². The lowest BCUT2D eigenvalue weighted by Gasteiger charge is -2.25. The van der Waals surface area contributed by atoms with Gasteiger partial charge in [-0.3, -0.25) is 19.2 Å². The largest absolute Gasteiger partial charge is 0.595 e. The zero-order valence-corrected chi connectivity index (χ0v) is 24.5. The molecule has 234 valence electrons. The van der Waals surface area contributed by atoms with Gasteiger partial charge in [-0.15, -0.1) is 0 Å². The number of carbonyl (C=O) groups excluding carboxylic acids is 5. The standard InChI is InChI=1S/C29H38N4O10/c1-29(2,3)43-28(38)32-22(14-15-24(34)41-4)27(37)31-23(16-19-10-12-21(13-11-19)33(39)40)26(36)30-17-25(35)42-18-20-8-6-5-7-9-20/h5-13,22-23,33,39H,14-18H2,1-4H3,(H,30,36)(H,31,37)(H,32,38). The van der Waals surface area contributed by atoms with Crippen LogP contribution in [0.25, 0.3) is 0 Å². The van der Waals surface area contributed by atoms with Gasteiger partial charge < -0.3 is 35.4 Å². The SMILES string of the molecule is COC(=O)CCC(NC(=O)OC(C)(C)C)C(=O)NC(Cc1ccc([NH+]([O-])O)cc1)C(=O)NCC(=O)OCc1ccccc1. The third-order valence-electron chi connectivity index (χ3n) is 5.80. The Hall–Kier alpha value is -4.53. The van der Waals surface area contributed by atoms with Crippen molar-refractivity contribution in [2.75, 3.05) is 13.7 Å². The third kappa shape index (κ3) is 13.3. The number of methoxy groups -OCH3 is 1. The van der Waals surface area contributed by atoms with Crippen LogP contribution >= 0.6 is 0 Å². The van der Waals surface area contributed by atoms with Crippen molar-refractivity contribution in [1.29, 1.82) is 0 Å². The number of hydrogen-bond acceptors (Lipinski definition) is 10. The zero-order valence-electron chi connectivity index (χ0n) is 24.5. The average Bonchev–Trinajstić information content (AvgIpc) is 2.96. The topological polar surface area (TPSA) is 197 Å².